The fraction of sp³-hybridized carbons (Fsp3) is 0. The molecule has 0 amide bonds. The standard InChI is InChI=1S/C39H25N5/c40-26-30-25-38(43(31-17-3-1-4-18-31)36-23-11-15-28-13-7-9-21-33(28)36)35(27-41)42-39(30)44(32-19-5-2-6-20-32)37-24-12-16-29-14-8-10-22-34(29)37/h1-25H. The average Bonchev–Trinajstić information content (AvgIpc) is 3.10. The van der Waals surface area contributed by atoms with Crippen molar-refractivity contribution in [2.45, 2.75) is 0 Å². The lowest BCUT2D eigenvalue weighted by molar-refractivity contribution is 1.13. The van der Waals surface area contributed by atoms with E-state index < -0.39 is 0 Å². The lowest BCUT2D eigenvalue weighted by Gasteiger charge is -2.30. The molecule has 0 aliphatic rings. The van der Waals surface area contributed by atoms with Crippen molar-refractivity contribution in [1.29, 1.82) is 10.5 Å². The molecule has 0 fully saturated rings. The normalized spacial score (nSPS) is 10.7. The highest BCUT2D eigenvalue weighted by atomic mass is 15.2. The van der Waals surface area contributed by atoms with E-state index in [4.69, 9.17) is 4.98 Å². The van der Waals surface area contributed by atoms with Crippen LogP contribution in [0.2, 0.25) is 0 Å². The maximum Gasteiger partial charge on any atom is 0.166 e. The fourth-order valence-corrected chi connectivity index (χ4v) is 5.74. The summed E-state index contributed by atoms with van der Waals surface area (Å²) >= 11 is 0. The van der Waals surface area contributed by atoms with Crippen molar-refractivity contribution in [3.8, 4) is 12.1 Å². The molecular formula is C39H25N5. The first-order valence-corrected chi connectivity index (χ1v) is 14.3. The van der Waals surface area contributed by atoms with Gasteiger partial charge in [-0.25, -0.2) is 4.98 Å². The molecule has 44 heavy (non-hydrogen) atoms. The molecule has 0 saturated carbocycles. The van der Waals surface area contributed by atoms with Gasteiger partial charge in [0.25, 0.3) is 0 Å². The Labute approximate surface area is 255 Å². The van der Waals surface area contributed by atoms with E-state index in [0.29, 0.717) is 17.1 Å². The predicted molar refractivity (Wildman–Crippen MR) is 178 cm³/mol. The quantitative estimate of drug-likeness (QED) is 0.201. The molecule has 0 radical (unpaired) electrons. The Hall–Kier alpha value is -6.43. The van der Waals surface area contributed by atoms with Gasteiger partial charge < -0.3 is 4.90 Å². The second kappa shape index (κ2) is 11.4. The number of hydrogen-bond donors (Lipinski definition) is 0. The number of para-hydroxylation sites is 2. The van der Waals surface area contributed by atoms with Crippen LogP contribution in [0, 0.1) is 22.7 Å². The smallest absolute Gasteiger partial charge is 0.166 e. The summed E-state index contributed by atoms with van der Waals surface area (Å²) in [5.41, 5.74) is 4.52. The van der Waals surface area contributed by atoms with Crippen molar-refractivity contribution >= 4 is 55.8 Å². The van der Waals surface area contributed by atoms with E-state index in [0.717, 1.165) is 44.3 Å². The van der Waals surface area contributed by atoms with Crippen molar-refractivity contribution in [1.82, 2.24) is 4.98 Å². The number of anilines is 6. The number of nitrogens with zero attached hydrogens (tertiary/aromatic N) is 5. The Morgan fingerprint density at radius 2 is 0.932 bits per heavy atom. The van der Waals surface area contributed by atoms with E-state index in [2.05, 4.69) is 48.5 Å². The van der Waals surface area contributed by atoms with Crippen molar-refractivity contribution in [3.63, 3.8) is 0 Å². The number of nitriles is 2. The predicted octanol–water partition coefficient (Wildman–Crippen LogP) is 10.1. The first kappa shape index (κ1) is 26.5. The van der Waals surface area contributed by atoms with Gasteiger partial charge in [0.15, 0.2) is 11.5 Å². The topological polar surface area (TPSA) is 67.0 Å². The van der Waals surface area contributed by atoms with E-state index in [-0.39, 0.29) is 5.69 Å². The first-order valence-electron chi connectivity index (χ1n) is 14.3. The second-order valence-corrected chi connectivity index (χ2v) is 10.3. The van der Waals surface area contributed by atoms with Crippen LogP contribution in [-0.4, -0.2) is 4.98 Å². The number of aromatic nitrogens is 1. The van der Waals surface area contributed by atoms with Gasteiger partial charge in [-0.15, -0.1) is 0 Å². The third-order valence-corrected chi connectivity index (χ3v) is 7.71. The lowest BCUT2D eigenvalue weighted by atomic mass is 10.0. The van der Waals surface area contributed by atoms with E-state index >= 15 is 0 Å². The van der Waals surface area contributed by atoms with Gasteiger partial charge in [-0.05, 0) is 53.2 Å². The minimum absolute atomic E-state index is 0.206. The average molecular weight is 564 g/mol. The van der Waals surface area contributed by atoms with Crippen molar-refractivity contribution in [2.75, 3.05) is 9.80 Å². The highest BCUT2D eigenvalue weighted by Crippen LogP contribution is 2.44. The molecule has 0 aliphatic heterocycles. The van der Waals surface area contributed by atoms with Gasteiger partial charge in [-0.1, -0.05) is 109 Å². The van der Waals surface area contributed by atoms with Crippen LogP contribution >= 0.6 is 0 Å². The van der Waals surface area contributed by atoms with Crippen LogP contribution in [0.3, 0.4) is 0 Å². The summed E-state index contributed by atoms with van der Waals surface area (Å²) in [6, 6.07) is 54.7. The molecule has 0 saturated heterocycles. The summed E-state index contributed by atoms with van der Waals surface area (Å²) in [5.74, 6) is 0.390. The monoisotopic (exact) mass is 563 g/mol. The zero-order valence-corrected chi connectivity index (χ0v) is 23.7. The second-order valence-electron chi connectivity index (χ2n) is 10.3. The van der Waals surface area contributed by atoms with E-state index in [9.17, 15) is 10.5 Å². The fourth-order valence-electron chi connectivity index (χ4n) is 5.74. The highest BCUT2D eigenvalue weighted by molar-refractivity contribution is 6.01. The summed E-state index contributed by atoms with van der Waals surface area (Å²) in [6.45, 7) is 0. The van der Waals surface area contributed by atoms with Gasteiger partial charge >= 0.3 is 0 Å². The third kappa shape index (κ3) is 4.65. The summed E-state index contributed by atoms with van der Waals surface area (Å²) in [5, 5.41) is 25.4. The number of rotatable bonds is 6. The number of hydrogen-bond acceptors (Lipinski definition) is 5. The van der Waals surface area contributed by atoms with E-state index in [1.165, 1.54) is 0 Å². The Balaban J connectivity index is 1.51. The molecule has 0 unspecified atom stereocenters. The van der Waals surface area contributed by atoms with Crippen molar-refractivity contribution in [3.05, 3.63) is 163 Å². The zero-order valence-electron chi connectivity index (χ0n) is 23.7. The van der Waals surface area contributed by atoms with Gasteiger partial charge in [-0.2, -0.15) is 10.5 Å². The van der Waals surface area contributed by atoms with Crippen LogP contribution < -0.4 is 9.80 Å². The number of benzene rings is 6. The van der Waals surface area contributed by atoms with Crippen LogP contribution in [0.5, 0.6) is 0 Å². The highest BCUT2D eigenvalue weighted by Gasteiger charge is 2.26. The van der Waals surface area contributed by atoms with Crippen LogP contribution in [0.25, 0.3) is 21.5 Å². The first-order chi connectivity index (χ1) is 21.8. The molecule has 5 heteroatoms. The van der Waals surface area contributed by atoms with Gasteiger partial charge in [0, 0.05) is 22.1 Å². The minimum Gasteiger partial charge on any atom is -0.307 e. The van der Waals surface area contributed by atoms with Crippen molar-refractivity contribution in [2.24, 2.45) is 0 Å². The van der Waals surface area contributed by atoms with Crippen LogP contribution in [0.4, 0.5) is 34.3 Å². The Bertz CT molecular complexity index is 2040. The van der Waals surface area contributed by atoms with Gasteiger partial charge in [-0.3, -0.25) is 4.90 Å². The molecule has 206 valence electrons. The Morgan fingerprint density at radius 1 is 0.455 bits per heavy atom. The molecule has 7 aromatic rings. The lowest BCUT2D eigenvalue weighted by Crippen LogP contribution is -2.17. The molecule has 1 aromatic heterocycles. The van der Waals surface area contributed by atoms with E-state index in [1.54, 1.807) is 6.07 Å². The minimum atomic E-state index is 0.206. The summed E-state index contributed by atoms with van der Waals surface area (Å²) in [7, 11) is 0. The molecule has 0 N–H and O–H groups in total. The molecular weight excluding hydrogens is 538 g/mol. The van der Waals surface area contributed by atoms with Gasteiger partial charge in [0.1, 0.15) is 12.1 Å². The van der Waals surface area contributed by atoms with Crippen LogP contribution in [0.15, 0.2) is 152 Å². The molecule has 0 atom stereocenters. The number of pyridine rings is 1. The zero-order chi connectivity index (χ0) is 29.9. The van der Waals surface area contributed by atoms with Crippen LogP contribution in [0.1, 0.15) is 11.3 Å². The number of fused-ring (bicyclic) bond motifs is 2. The summed E-state index contributed by atoms with van der Waals surface area (Å²) < 4.78 is 0. The van der Waals surface area contributed by atoms with Crippen LogP contribution in [-0.2, 0) is 0 Å². The SMILES string of the molecule is N#Cc1cc(N(c2ccccc2)c2cccc3ccccc23)c(C#N)nc1N(c1ccccc1)c1cccc2ccccc12. The summed E-state index contributed by atoms with van der Waals surface area (Å²) in [4.78, 5) is 8.96. The maximum atomic E-state index is 10.6. The maximum absolute atomic E-state index is 10.6. The van der Waals surface area contributed by atoms with Gasteiger partial charge in [0.2, 0.25) is 0 Å². The molecule has 5 nitrogen and oxygen atoms in total. The molecule has 0 bridgehead atoms. The van der Waals surface area contributed by atoms with Gasteiger partial charge in [0.05, 0.1) is 22.6 Å². The molecule has 6 aromatic carbocycles. The largest absolute Gasteiger partial charge is 0.307 e. The summed E-state index contributed by atoms with van der Waals surface area (Å²) in [6.07, 6.45) is 0. The van der Waals surface area contributed by atoms with Crippen molar-refractivity contribution < 1.29 is 0 Å². The van der Waals surface area contributed by atoms with E-state index in [1.807, 2.05) is 119 Å². The molecule has 1 heterocycles. The molecule has 7 rings (SSSR count). The third-order valence-electron chi connectivity index (χ3n) is 7.71. The molecule has 0 aliphatic carbocycles. The molecule has 0 spiro atoms. The Morgan fingerprint density at radius 3 is 1.48 bits per heavy atom. The Kier molecular flexibility index (Phi) is 6.89.